The highest BCUT2D eigenvalue weighted by molar-refractivity contribution is 5.37. The molecule has 1 aromatic heterocycles. The van der Waals surface area contributed by atoms with E-state index in [1.54, 1.807) is 7.11 Å². The lowest BCUT2D eigenvalue weighted by Crippen LogP contribution is -2.16. The Bertz CT molecular complexity index is 391. The van der Waals surface area contributed by atoms with Crippen molar-refractivity contribution < 1.29 is 4.74 Å². The molecule has 4 nitrogen and oxygen atoms in total. The van der Waals surface area contributed by atoms with Crippen molar-refractivity contribution in [1.82, 2.24) is 9.97 Å². The summed E-state index contributed by atoms with van der Waals surface area (Å²) < 4.78 is 5.54. The summed E-state index contributed by atoms with van der Waals surface area (Å²) in [6.45, 7) is 11.6. The molecular weight excluding hydrogens is 238 g/mol. The predicted octanol–water partition coefficient (Wildman–Crippen LogP) is 3.77. The van der Waals surface area contributed by atoms with Crippen LogP contribution in [0.25, 0.3) is 0 Å². The van der Waals surface area contributed by atoms with Crippen LogP contribution in [0.2, 0.25) is 0 Å². The van der Waals surface area contributed by atoms with Crippen molar-refractivity contribution in [1.29, 1.82) is 0 Å². The van der Waals surface area contributed by atoms with Gasteiger partial charge in [-0.2, -0.15) is 0 Å². The second-order valence-electron chi connectivity index (χ2n) is 5.52. The van der Waals surface area contributed by atoms with Gasteiger partial charge in [0.2, 0.25) is 0 Å². The highest BCUT2D eigenvalue weighted by Gasteiger charge is 2.20. The molecule has 0 spiro atoms. The molecule has 0 amide bonds. The Morgan fingerprint density at radius 2 is 1.89 bits per heavy atom. The van der Waals surface area contributed by atoms with E-state index in [1.807, 2.05) is 6.07 Å². The molecule has 0 saturated carbocycles. The second-order valence-corrected chi connectivity index (χ2v) is 5.52. The smallest absolute Gasteiger partial charge is 0.159 e. The average Bonchev–Trinajstić information content (AvgIpc) is 2.36. The lowest BCUT2D eigenvalue weighted by atomic mass is 10.1. The summed E-state index contributed by atoms with van der Waals surface area (Å²) in [6, 6.07) is 2.04. The maximum atomic E-state index is 5.54. The molecule has 0 aliphatic heterocycles. The van der Waals surface area contributed by atoms with Crippen molar-refractivity contribution >= 4 is 5.82 Å². The predicted molar refractivity (Wildman–Crippen MR) is 79.5 cm³/mol. The van der Waals surface area contributed by atoms with Crippen LogP contribution in [-0.4, -0.2) is 23.6 Å². The number of hydrogen-bond donors (Lipinski definition) is 1. The molecular formula is C15H27N3O. The van der Waals surface area contributed by atoms with Gasteiger partial charge >= 0.3 is 0 Å². The number of ether oxygens (including phenoxy) is 1. The van der Waals surface area contributed by atoms with Gasteiger partial charge in [0.05, 0.1) is 0 Å². The first-order chi connectivity index (χ1) is 8.99. The molecule has 0 fully saturated rings. The van der Waals surface area contributed by atoms with E-state index in [4.69, 9.17) is 4.74 Å². The molecule has 19 heavy (non-hydrogen) atoms. The van der Waals surface area contributed by atoms with Crippen LogP contribution in [-0.2, 0) is 4.74 Å². The van der Waals surface area contributed by atoms with Crippen LogP contribution in [0, 0.1) is 5.92 Å². The van der Waals surface area contributed by atoms with Gasteiger partial charge < -0.3 is 10.1 Å². The molecule has 4 heteroatoms. The molecule has 0 radical (unpaired) electrons. The SMILES string of the molecule is CCCNc1cc(C(C)C)nc(C(OC)C(C)C)n1. The highest BCUT2D eigenvalue weighted by Crippen LogP contribution is 2.25. The van der Waals surface area contributed by atoms with Gasteiger partial charge in [0.15, 0.2) is 5.82 Å². The average molecular weight is 265 g/mol. The second kappa shape index (κ2) is 7.43. The van der Waals surface area contributed by atoms with E-state index in [-0.39, 0.29) is 6.10 Å². The van der Waals surface area contributed by atoms with Gasteiger partial charge in [0.25, 0.3) is 0 Å². The molecule has 1 N–H and O–H groups in total. The Hall–Kier alpha value is -1.16. The molecule has 0 saturated heterocycles. The van der Waals surface area contributed by atoms with Gasteiger partial charge in [-0.3, -0.25) is 0 Å². The van der Waals surface area contributed by atoms with Crippen LogP contribution in [0.5, 0.6) is 0 Å². The normalized spacial score (nSPS) is 13.1. The van der Waals surface area contributed by atoms with Crippen molar-refractivity contribution in [2.45, 2.75) is 53.1 Å². The van der Waals surface area contributed by atoms with Crippen LogP contribution >= 0.6 is 0 Å². The number of nitrogens with zero attached hydrogens (tertiary/aromatic N) is 2. The first kappa shape index (κ1) is 15.9. The Kier molecular flexibility index (Phi) is 6.22. The topological polar surface area (TPSA) is 47.0 Å². The molecule has 0 bridgehead atoms. The monoisotopic (exact) mass is 265 g/mol. The van der Waals surface area contributed by atoms with E-state index in [9.17, 15) is 0 Å². The van der Waals surface area contributed by atoms with E-state index < -0.39 is 0 Å². The van der Waals surface area contributed by atoms with Gasteiger partial charge in [-0.1, -0.05) is 34.6 Å². The first-order valence-corrected chi connectivity index (χ1v) is 7.15. The molecule has 108 valence electrons. The summed E-state index contributed by atoms with van der Waals surface area (Å²) in [6.07, 6.45) is 1.02. The summed E-state index contributed by atoms with van der Waals surface area (Å²) in [4.78, 5) is 9.26. The molecule has 1 heterocycles. The summed E-state index contributed by atoms with van der Waals surface area (Å²) in [5, 5.41) is 3.34. The van der Waals surface area contributed by atoms with Crippen LogP contribution in [0.1, 0.15) is 64.6 Å². The lowest BCUT2D eigenvalue weighted by Gasteiger charge is -2.20. The third-order valence-electron chi connectivity index (χ3n) is 3.02. The van der Waals surface area contributed by atoms with Crippen LogP contribution in [0.4, 0.5) is 5.82 Å². The number of hydrogen-bond acceptors (Lipinski definition) is 4. The fraction of sp³-hybridized carbons (Fsp3) is 0.733. The summed E-state index contributed by atoms with van der Waals surface area (Å²) >= 11 is 0. The summed E-state index contributed by atoms with van der Waals surface area (Å²) in [5.74, 6) is 2.42. The van der Waals surface area contributed by atoms with Crippen molar-refractivity contribution in [3.8, 4) is 0 Å². The first-order valence-electron chi connectivity index (χ1n) is 7.15. The molecule has 0 aromatic carbocycles. The minimum Gasteiger partial charge on any atom is -0.373 e. The van der Waals surface area contributed by atoms with Crippen LogP contribution in [0.15, 0.2) is 6.07 Å². The number of aromatic nitrogens is 2. The molecule has 0 aliphatic rings. The minimum absolute atomic E-state index is 0.0547. The number of nitrogens with one attached hydrogen (secondary N) is 1. The fourth-order valence-electron chi connectivity index (χ4n) is 1.93. The zero-order valence-electron chi connectivity index (χ0n) is 13.0. The Labute approximate surface area is 117 Å². The third kappa shape index (κ3) is 4.46. The Morgan fingerprint density at radius 1 is 1.21 bits per heavy atom. The van der Waals surface area contributed by atoms with E-state index in [0.29, 0.717) is 11.8 Å². The molecule has 1 rings (SSSR count). The van der Waals surface area contributed by atoms with Crippen LogP contribution in [0.3, 0.4) is 0 Å². The van der Waals surface area contributed by atoms with E-state index >= 15 is 0 Å². The number of rotatable bonds is 7. The van der Waals surface area contributed by atoms with E-state index in [2.05, 4.69) is 49.9 Å². The van der Waals surface area contributed by atoms with Gasteiger partial charge in [-0.05, 0) is 18.3 Å². The highest BCUT2D eigenvalue weighted by atomic mass is 16.5. The summed E-state index contributed by atoms with van der Waals surface area (Å²) in [7, 11) is 1.72. The maximum absolute atomic E-state index is 5.54. The van der Waals surface area contributed by atoms with Crippen molar-refractivity contribution in [2.24, 2.45) is 5.92 Å². The number of methoxy groups -OCH3 is 1. The van der Waals surface area contributed by atoms with Gasteiger partial charge in [-0.25, -0.2) is 9.97 Å². The van der Waals surface area contributed by atoms with Crippen molar-refractivity contribution in [2.75, 3.05) is 19.0 Å². The quantitative estimate of drug-likeness (QED) is 0.815. The summed E-state index contributed by atoms with van der Waals surface area (Å²) in [5.41, 5.74) is 1.06. The number of anilines is 1. The lowest BCUT2D eigenvalue weighted by molar-refractivity contribution is 0.0573. The molecule has 1 unspecified atom stereocenters. The van der Waals surface area contributed by atoms with Crippen molar-refractivity contribution in [3.63, 3.8) is 0 Å². The van der Waals surface area contributed by atoms with Crippen LogP contribution < -0.4 is 5.32 Å². The zero-order valence-corrected chi connectivity index (χ0v) is 13.0. The van der Waals surface area contributed by atoms with E-state index in [1.165, 1.54) is 0 Å². The molecule has 1 aromatic rings. The Morgan fingerprint density at radius 3 is 2.37 bits per heavy atom. The van der Waals surface area contributed by atoms with E-state index in [0.717, 1.165) is 30.3 Å². The fourth-order valence-corrected chi connectivity index (χ4v) is 1.93. The van der Waals surface area contributed by atoms with Crippen molar-refractivity contribution in [3.05, 3.63) is 17.6 Å². The Balaban J connectivity index is 3.11. The maximum Gasteiger partial charge on any atom is 0.159 e. The van der Waals surface area contributed by atoms with Gasteiger partial charge in [0, 0.05) is 25.4 Å². The molecule has 0 aliphatic carbocycles. The third-order valence-corrected chi connectivity index (χ3v) is 3.02. The largest absolute Gasteiger partial charge is 0.373 e. The van der Waals surface area contributed by atoms with Gasteiger partial charge in [0.1, 0.15) is 11.9 Å². The zero-order chi connectivity index (χ0) is 14.4. The molecule has 1 atom stereocenters. The minimum atomic E-state index is -0.0547. The van der Waals surface area contributed by atoms with Gasteiger partial charge in [-0.15, -0.1) is 0 Å². The standard InChI is InChI=1S/C15H27N3O/c1-7-8-16-13-9-12(10(2)3)17-15(18-13)14(19-6)11(4)5/h9-11,14H,7-8H2,1-6H3,(H,16,17,18).